The van der Waals surface area contributed by atoms with Crippen molar-refractivity contribution in [2.75, 3.05) is 18.2 Å². The van der Waals surface area contributed by atoms with Crippen molar-refractivity contribution < 1.29 is 14.3 Å². The van der Waals surface area contributed by atoms with Gasteiger partial charge in [-0.25, -0.2) is 0 Å². The highest BCUT2D eigenvalue weighted by atomic mass is 32.2. The monoisotopic (exact) mass is 494 g/mol. The molecule has 2 heterocycles. The molecular weight excluding hydrogens is 468 g/mol. The molecule has 2 aromatic carbocycles. The molecule has 2 N–H and O–H groups in total. The maximum atomic E-state index is 13.2. The number of benzene rings is 2. The molecular formula is C24H26N6O4S. The van der Waals surface area contributed by atoms with Gasteiger partial charge in [0.05, 0.1) is 23.8 Å². The molecule has 11 heteroatoms. The van der Waals surface area contributed by atoms with Gasteiger partial charge in [-0.1, -0.05) is 30.0 Å². The van der Waals surface area contributed by atoms with E-state index in [2.05, 4.69) is 20.8 Å². The second kappa shape index (κ2) is 10.6. The second-order valence-electron chi connectivity index (χ2n) is 8.13. The normalized spacial score (nSPS) is 11.2. The van der Waals surface area contributed by atoms with Crippen LogP contribution in [0.2, 0.25) is 0 Å². The maximum absolute atomic E-state index is 13.2. The summed E-state index contributed by atoms with van der Waals surface area (Å²) in [4.78, 5) is 37.9. The molecule has 0 saturated carbocycles. The molecule has 0 radical (unpaired) electrons. The topological polar surface area (TPSA) is 120 Å². The lowest BCUT2D eigenvalue weighted by atomic mass is 10.2. The van der Waals surface area contributed by atoms with Gasteiger partial charge in [0.2, 0.25) is 17.6 Å². The zero-order chi connectivity index (χ0) is 24.9. The highest BCUT2D eigenvalue weighted by molar-refractivity contribution is 7.99. The summed E-state index contributed by atoms with van der Waals surface area (Å²) in [6.07, 6.45) is 0.129. The number of carbonyl (C=O) groups excluding carboxylic acids is 2. The molecule has 0 spiro atoms. The predicted octanol–water partition coefficient (Wildman–Crippen LogP) is 2.70. The number of aryl methyl sites for hydroxylation is 1. The van der Waals surface area contributed by atoms with E-state index in [0.29, 0.717) is 33.3 Å². The van der Waals surface area contributed by atoms with E-state index in [1.807, 2.05) is 26.0 Å². The van der Waals surface area contributed by atoms with Crippen LogP contribution in [0.15, 0.2) is 58.5 Å². The third kappa shape index (κ3) is 5.46. The quantitative estimate of drug-likeness (QED) is 0.343. The van der Waals surface area contributed by atoms with Crippen LogP contribution in [0.25, 0.3) is 16.7 Å². The number of nitrogens with zero attached hydrogens (tertiary/aromatic N) is 4. The van der Waals surface area contributed by atoms with Crippen molar-refractivity contribution in [3.05, 3.63) is 58.9 Å². The molecule has 0 bridgehead atoms. The molecule has 2 aromatic heterocycles. The van der Waals surface area contributed by atoms with Crippen molar-refractivity contribution in [3.63, 3.8) is 0 Å². The van der Waals surface area contributed by atoms with Crippen LogP contribution in [0, 0.1) is 0 Å². The van der Waals surface area contributed by atoms with Crippen molar-refractivity contribution in [3.8, 4) is 5.75 Å². The third-order valence-corrected chi connectivity index (χ3v) is 6.11. The Kier molecular flexibility index (Phi) is 7.35. The van der Waals surface area contributed by atoms with Crippen LogP contribution in [0.3, 0.4) is 0 Å². The zero-order valence-electron chi connectivity index (χ0n) is 19.6. The molecule has 10 nitrogen and oxygen atoms in total. The van der Waals surface area contributed by atoms with Gasteiger partial charge in [0.15, 0.2) is 5.16 Å². The summed E-state index contributed by atoms with van der Waals surface area (Å²) < 4.78 is 8.39. The van der Waals surface area contributed by atoms with Crippen LogP contribution in [-0.4, -0.2) is 49.9 Å². The second-order valence-corrected chi connectivity index (χ2v) is 9.08. The van der Waals surface area contributed by atoms with Crippen molar-refractivity contribution in [1.82, 2.24) is 24.5 Å². The van der Waals surface area contributed by atoms with E-state index in [0.717, 1.165) is 0 Å². The minimum atomic E-state index is -0.245. The van der Waals surface area contributed by atoms with Gasteiger partial charge in [-0.2, -0.15) is 0 Å². The van der Waals surface area contributed by atoms with E-state index >= 15 is 0 Å². The Morgan fingerprint density at radius 1 is 1.09 bits per heavy atom. The number of carbonyl (C=O) groups is 2. The van der Waals surface area contributed by atoms with E-state index in [1.54, 1.807) is 47.9 Å². The summed E-state index contributed by atoms with van der Waals surface area (Å²) in [5.41, 5.74) is 1.02. The summed E-state index contributed by atoms with van der Waals surface area (Å²) in [6, 6.07) is 14.3. The van der Waals surface area contributed by atoms with Crippen molar-refractivity contribution in [1.29, 1.82) is 0 Å². The first kappa shape index (κ1) is 24.3. The number of fused-ring (bicyclic) bond motifs is 3. The highest BCUT2D eigenvalue weighted by Gasteiger charge is 2.18. The molecule has 0 saturated heterocycles. The Morgan fingerprint density at radius 2 is 1.89 bits per heavy atom. The highest BCUT2D eigenvalue weighted by Crippen LogP contribution is 2.22. The van der Waals surface area contributed by atoms with Crippen LogP contribution in [-0.2, 0) is 16.1 Å². The van der Waals surface area contributed by atoms with E-state index in [-0.39, 0.29) is 42.1 Å². The number of nitrogens with one attached hydrogen (secondary N) is 2. The lowest BCUT2D eigenvalue weighted by molar-refractivity contribution is -0.121. The van der Waals surface area contributed by atoms with Crippen LogP contribution >= 0.6 is 11.8 Å². The van der Waals surface area contributed by atoms with Gasteiger partial charge in [-0.3, -0.25) is 23.4 Å². The van der Waals surface area contributed by atoms with Crippen molar-refractivity contribution >= 4 is 45.9 Å². The molecule has 4 rings (SSSR count). The number of hydrogen-bond acceptors (Lipinski definition) is 7. The van der Waals surface area contributed by atoms with Gasteiger partial charge in [0.25, 0.3) is 5.56 Å². The molecule has 0 aliphatic heterocycles. The van der Waals surface area contributed by atoms with Gasteiger partial charge in [-0.05, 0) is 38.1 Å². The standard InChI is InChI=1S/C24H26N6O4S/c1-15(2)25-20(31)11-12-29-22(33)18-9-4-5-10-19(18)30-23(29)27-28-24(30)35-14-21(32)26-16-7-6-8-17(13-16)34-3/h4-10,13,15H,11-12,14H2,1-3H3,(H,25,31)(H,26,32). The molecule has 182 valence electrons. The lowest BCUT2D eigenvalue weighted by Crippen LogP contribution is -2.32. The number of methoxy groups -OCH3 is 1. The van der Waals surface area contributed by atoms with Gasteiger partial charge >= 0.3 is 0 Å². The lowest BCUT2D eigenvalue weighted by Gasteiger charge is -2.12. The van der Waals surface area contributed by atoms with E-state index in [4.69, 9.17) is 4.74 Å². The molecule has 0 unspecified atom stereocenters. The molecule has 0 aliphatic carbocycles. The Morgan fingerprint density at radius 3 is 2.66 bits per heavy atom. The molecule has 0 fully saturated rings. The molecule has 2 amide bonds. The van der Waals surface area contributed by atoms with Crippen LogP contribution in [0.4, 0.5) is 5.69 Å². The van der Waals surface area contributed by atoms with Gasteiger partial charge in [-0.15, -0.1) is 10.2 Å². The fourth-order valence-electron chi connectivity index (χ4n) is 3.66. The maximum Gasteiger partial charge on any atom is 0.262 e. The molecule has 4 aromatic rings. The number of rotatable bonds is 9. The SMILES string of the molecule is COc1cccc(NC(=O)CSc2nnc3n(CCC(=O)NC(C)C)c(=O)c4ccccc4n23)c1. The van der Waals surface area contributed by atoms with E-state index in [1.165, 1.54) is 16.3 Å². The predicted molar refractivity (Wildman–Crippen MR) is 135 cm³/mol. The van der Waals surface area contributed by atoms with E-state index in [9.17, 15) is 14.4 Å². The first-order chi connectivity index (χ1) is 16.9. The van der Waals surface area contributed by atoms with Crippen LogP contribution < -0.4 is 20.9 Å². The first-order valence-corrected chi connectivity index (χ1v) is 12.1. The van der Waals surface area contributed by atoms with Gasteiger partial charge in [0, 0.05) is 30.8 Å². The minimum Gasteiger partial charge on any atom is -0.497 e. The number of ether oxygens (including phenoxy) is 1. The fraction of sp³-hybridized carbons (Fsp3) is 0.292. The Hall–Kier alpha value is -3.86. The summed E-state index contributed by atoms with van der Waals surface area (Å²) in [6.45, 7) is 3.92. The van der Waals surface area contributed by atoms with E-state index < -0.39 is 0 Å². The number of aromatic nitrogens is 4. The Labute approximate surface area is 205 Å². The number of anilines is 1. The zero-order valence-corrected chi connectivity index (χ0v) is 20.5. The minimum absolute atomic E-state index is 0.00931. The average Bonchev–Trinajstić information content (AvgIpc) is 3.26. The first-order valence-electron chi connectivity index (χ1n) is 11.1. The third-order valence-electron chi connectivity index (χ3n) is 5.18. The number of hydrogen-bond donors (Lipinski definition) is 2. The molecule has 0 aliphatic rings. The summed E-state index contributed by atoms with van der Waals surface area (Å²) in [5.74, 6) is 0.680. The average molecular weight is 495 g/mol. The molecule has 35 heavy (non-hydrogen) atoms. The molecule has 0 atom stereocenters. The Balaban J connectivity index is 1.60. The fourth-order valence-corrected chi connectivity index (χ4v) is 4.40. The summed E-state index contributed by atoms with van der Waals surface area (Å²) >= 11 is 1.21. The van der Waals surface area contributed by atoms with Gasteiger partial charge < -0.3 is 15.4 Å². The van der Waals surface area contributed by atoms with Crippen LogP contribution in [0.5, 0.6) is 5.75 Å². The largest absolute Gasteiger partial charge is 0.497 e. The Bertz CT molecular complexity index is 1450. The summed E-state index contributed by atoms with van der Waals surface area (Å²) in [7, 11) is 1.56. The van der Waals surface area contributed by atoms with Crippen molar-refractivity contribution in [2.24, 2.45) is 0 Å². The number of thioether (sulfide) groups is 1. The van der Waals surface area contributed by atoms with Crippen molar-refractivity contribution in [2.45, 2.75) is 38.0 Å². The van der Waals surface area contributed by atoms with Crippen LogP contribution in [0.1, 0.15) is 20.3 Å². The van der Waals surface area contributed by atoms with Gasteiger partial charge in [0.1, 0.15) is 5.75 Å². The smallest absolute Gasteiger partial charge is 0.262 e. The number of para-hydroxylation sites is 1. The number of amides is 2. The summed E-state index contributed by atoms with van der Waals surface area (Å²) in [5, 5.41) is 15.1.